The Labute approximate surface area is 155 Å². The molecule has 2 amide bonds. The van der Waals surface area contributed by atoms with Gasteiger partial charge >= 0.3 is 0 Å². The standard InChI is InChI=1S/C20H17N3O4/c1-11-3-4-13-8-15(12(2)21-16(13)7-11)20(25)23-22-19(24)14-5-6-17-18(9-14)27-10-26-17/h3-9H,10H2,1-2H3,(H,22,24)(H,23,25). The molecule has 1 aliphatic heterocycles. The summed E-state index contributed by atoms with van der Waals surface area (Å²) in [6.45, 7) is 3.88. The molecule has 2 N–H and O–H groups in total. The van der Waals surface area contributed by atoms with Crippen molar-refractivity contribution in [3.05, 3.63) is 64.8 Å². The topological polar surface area (TPSA) is 89.6 Å². The number of carbonyl (C=O) groups excluding carboxylic acids is 2. The summed E-state index contributed by atoms with van der Waals surface area (Å²) in [4.78, 5) is 29.2. The lowest BCUT2D eigenvalue weighted by atomic mass is 10.1. The molecule has 2 aromatic carbocycles. The van der Waals surface area contributed by atoms with Crippen molar-refractivity contribution < 1.29 is 19.1 Å². The molecular weight excluding hydrogens is 346 g/mol. The van der Waals surface area contributed by atoms with Crippen molar-refractivity contribution in [1.82, 2.24) is 15.8 Å². The second-order valence-corrected chi connectivity index (χ2v) is 6.29. The van der Waals surface area contributed by atoms with E-state index in [-0.39, 0.29) is 6.79 Å². The van der Waals surface area contributed by atoms with Crippen molar-refractivity contribution in [2.45, 2.75) is 13.8 Å². The molecule has 2 heterocycles. The molecule has 0 fully saturated rings. The monoisotopic (exact) mass is 363 g/mol. The van der Waals surface area contributed by atoms with Crippen molar-refractivity contribution in [2.24, 2.45) is 0 Å². The molecule has 0 saturated heterocycles. The van der Waals surface area contributed by atoms with Gasteiger partial charge in [0, 0.05) is 10.9 Å². The summed E-state index contributed by atoms with van der Waals surface area (Å²) in [6.07, 6.45) is 0. The van der Waals surface area contributed by atoms with Crippen LogP contribution in [-0.2, 0) is 0 Å². The zero-order valence-corrected chi connectivity index (χ0v) is 14.8. The molecule has 27 heavy (non-hydrogen) atoms. The third-order valence-corrected chi connectivity index (χ3v) is 4.33. The first-order chi connectivity index (χ1) is 13.0. The first kappa shape index (κ1) is 16.8. The lowest BCUT2D eigenvalue weighted by molar-refractivity contribution is 0.0846. The highest BCUT2D eigenvalue weighted by atomic mass is 16.7. The van der Waals surface area contributed by atoms with E-state index in [2.05, 4.69) is 15.8 Å². The number of rotatable bonds is 2. The Kier molecular flexibility index (Phi) is 4.12. The number of aryl methyl sites for hydroxylation is 2. The molecule has 0 spiro atoms. The van der Waals surface area contributed by atoms with Gasteiger partial charge < -0.3 is 9.47 Å². The zero-order chi connectivity index (χ0) is 19.0. The molecule has 0 unspecified atom stereocenters. The number of hydrogen-bond acceptors (Lipinski definition) is 5. The van der Waals surface area contributed by atoms with Crippen LogP contribution in [0.15, 0.2) is 42.5 Å². The predicted molar refractivity (Wildman–Crippen MR) is 98.7 cm³/mol. The van der Waals surface area contributed by atoms with Gasteiger partial charge in [0.25, 0.3) is 11.8 Å². The van der Waals surface area contributed by atoms with Crippen LogP contribution < -0.4 is 20.3 Å². The normalized spacial score (nSPS) is 12.1. The Morgan fingerprint density at radius 1 is 0.926 bits per heavy atom. The van der Waals surface area contributed by atoms with Crippen LogP contribution in [0.5, 0.6) is 11.5 Å². The Hall–Kier alpha value is -3.61. The van der Waals surface area contributed by atoms with Crippen LogP contribution >= 0.6 is 0 Å². The largest absolute Gasteiger partial charge is 0.454 e. The van der Waals surface area contributed by atoms with Gasteiger partial charge in [0.2, 0.25) is 6.79 Å². The molecule has 0 radical (unpaired) electrons. The minimum Gasteiger partial charge on any atom is -0.454 e. The van der Waals surface area contributed by atoms with Gasteiger partial charge in [-0.2, -0.15) is 0 Å². The highest BCUT2D eigenvalue weighted by molar-refractivity contribution is 6.01. The molecule has 0 saturated carbocycles. The van der Waals surface area contributed by atoms with Gasteiger partial charge in [0.05, 0.1) is 16.8 Å². The Bertz CT molecular complexity index is 1080. The van der Waals surface area contributed by atoms with E-state index in [0.29, 0.717) is 28.3 Å². The third-order valence-electron chi connectivity index (χ3n) is 4.33. The van der Waals surface area contributed by atoms with Crippen LogP contribution in [-0.4, -0.2) is 23.6 Å². The molecule has 1 aliphatic rings. The van der Waals surface area contributed by atoms with E-state index in [1.807, 2.05) is 25.1 Å². The number of fused-ring (bicyclic) bond motifs is 2. The first-order valence-corrected chi connectivity index (χ1v) is 8.39. The van der Waals surface area contributed by atoms with Gasteiger partial charge in [-0.05, 0) is 49.7 Å². The molecule has 3 aromatic rings. The summed E-state index contributed by atoms with van der Waals surface area (Å²) in [5, 5.41) is 0.860. The van der Waals surface area contributed by atoms with Crippen LogP contribution in [0.1, 0.15) is 32.0 Å². The van der Waals surface area contributed by atoms with Crippen molar-refractivity contribution in [3.63, 3.8) is 0 Å². The van der Waals surface area contributed by atoms with Gasteiger partial charge in [-0.25, -0.2) is 0 Å². The van der Waals surface area contributed by atoms with Crippen molar-refractivity contribution in [1.29, 1.82) is 0 Å². The van der Waals surface area contributed by atoms with E-state index in [1.165, 1.54) is 0 Å². The highest BCUT2D eigenvalue weighted by Gasteiger charge is 2.17. The summed E-state index contributed by atoms with van der Waals surface area (Å²) in [7, 11) is 0. The molecule has 4 rings (SSSR count). The minimum absolute atomic E-state index is 0.130. The van der Waals surface area contributed by atoms with Gasteiger partial charge in [0.1, 0.15) is 0 Å². The van der Waals surface area contributed by atoms with Crippen LogP contribution in [0, 0.1) is 13.8 Å². The second-order valence-electron chi connectivity index (χ2n) is 6.29. The molecule has 1 aromatic heterocycles. The molecule has 0 aliphatic carbocycles. The van der Waals surface area contributed by atoms with E-state index < -0.39 is 11.8 Å². The minimum atomic E-state index is -0.455. The summed E-state index contributed by atoms with van der Waals surface area (Å²) >= 11 is 0. The first-order valence-electron chi connectivity index (χ1n) is 8.39. The molecule has 0 atom stereocenters. The quantitative estimate of drug-likeness (QED) is 0.683. The average Bonchev–Trinajstić information content (AvgIpc) is 3.13. The fraction of sp³-hybridized carbons (Fsp3) is 0.150. The Morgan fingerprint density at radius 2 is 1.70 bits per heavy atom. The fourth-order valence-corrected chi connectivity index (χ4v) is 2.89. The summed E-state index contributed by atoms with van der Waals surface area (Å²) in [6, 6.07) is 12.4. The van der Waals surface area contributed by atoms with E-state index in [4.69, 9.17) is 9.47 Å². The second kappa shape index (κ2) is 6.60. The van der Waals surface area contributed by atoms with E-state index >= 15 is 0 Å². The fourth-order valence-electron chi connectivity index (χ4n) is 2.89. The smallest absolute Gasteiger partial charge is 0.271 e. The summed E-state index contributed by atoms with van der Waals surface area (Å²) < 4.78 is 10.5. The third kappa shape index (κ3) is 3.27. The molecule has 7 heteroatoms. The lowest BCUT2D eigenvalue weighted by Crippen LogP contribution is -2.41. The number of pyridine rings is 1. The van der Waals surface area contributed by atoms with Crippen LogP contribution in [0.25, 0.3) is 10.9 Å². The van der Waals surface area contributed by atoms with E-state index in [9.17, 15) is 9.59 Å². The van der Waals surface area contributed by atoms with Gasteiger partial charge in [-0.1, -0.05) is 12.1 Å². The molecule has 0 bridgehead atoms. The van der Waals surface area contributed by atoms with E-state index in [0.717, 1.165) is 16.5 Å². The summed E-state index contributed by atoms with van der Waals surface area (Å²) in [5.41, 5.74) is 8.11. The number of carbonyl (C=O) groups is 2. The molecule has 7 nitrogen and oxygen atoms in total. The van der Waals surface area contributed by atoms with Crippen LogP contribution in [0.2, 0.25) is 0 Å². The van der Waals surface area contributed by atoms with Gasteiger partial charge in [-0.15, -0.1) is 0 Å². The van der Waals surface area contributed by atoms with Crippen molar-refractivity contribution >= 4 is 22.7 Å². The number of hydrazine groups is 1. The number of aromatic nitrogens is 1. The van der Waals surface area contributed by atoms with Crippen molar-refractivity contribution in [2.75, 3.05) is 6.79 Å². The molecule has 136 valence electrons. The number of nitrogens with zero attached hydrogens (tertiary/aromatic N) is 1. The van der Waals surface area contributed by atoms with Gasteiger partial charge in [0.15, 0.2) is 11.5 Å². The average molecular weight is 363 g/mol. The SMILES string of the molecule is Cc1ccc2cc(C(=O)NNC(=O)c3ccc4c(c3)OCO4)c(C)nc2c1. The lowest BCUT2D eigenvalue weighted by Gasteiger charge is -2.10. The van der Waals surface area contributed by atoms with Crippen LogP contribution in [0.4, 0.5) is 0 Å². The maximum Gasteiger partial charge on any atom is 0.271 e. The van der Waals surface area contributed by atoms with Gasteiger partial charge in [-0.3, -0.25) is 25.4 Å². The Balaban J connectivity index is 1.49. The number of benzene rings is 2. The van der Waals surface area contributed by atoms with E-state index in [1.54, 1.807) is 31.2 Å². The maximum atomic E-state index is 12.5. The number of amides is 2. The number of ether oxygens (including phenoxy) is 2. The molecular formula is C20H17N3O4. The zero-order valence-electron chi connectivity index (χ0n) is 14.8. The number of nitrogens with one attached hydrogen (secondary N) is 2. The predicted octanol–water partition coefficient (Wildman–Crippen LogP) is 2.66. The highest BCUT2D eigenvalue weighted by Crippen LogP contribution is 2.32. The summed E-state index contributed by atoms with van der Waals surface area (Å²) in [5.74, 6) is 0.197. The van der Waals surface area contributed by atoms with Crippen molar-refractivity contribution in [3.8, 4) is 11.5 Å². The number of hydrogen-bond donors (Lipinski definition) is 2. The maximum absolute atomic E-state index is 12.5. The Morgan fingerprint density at radius 3 is 2.56 bits per heavy atom. The van der Waals surface area contributed by atoms with Crippen LogP contribution in [0.3, 0.4) is 0 Å².